The maximum absolute atomic E-state index is 13.5. The van der Waals surface area contributed by atoms with Crippen molar-refractivity contribution in [2.24, 2.45) is 0 Å². The Morgan fingerprint density at radius 1 is 1.33 bits per heavy atom. The summed E-state index contributed by atoms with van der Waals surface area (Å²) in [4.78, 5) is 11.6. The fraction of sp³-hybridized carbons (Fsp3) is 0.500. The maximum Gasteiger partial charge on any atom is 0.340 e. The molecule has 0 spiro atoms. The number of carbonyl (C=O) groups excluding carboxylic acids is 1. The molecule has 0 heterocycles. The van der Waals surface area contributed by atoms with E-state index in [0.717, 1.165) is 6.42 Å². The highest BCUT2D eigenvalue weighted by Crippen LogP contribution is 2.20. The van der Waals surface area contributed by atoms with E-state index in [1.54, 1.807) is 13.0 Å². The van der Waals surface area contributed by atoms with Crippen LogP contribution in [0.1, 0.15) is 44.5 Å². The lowest BCUT2D eigenvalue weighted by Crippen LogP contribution is -2.11. The number of anilines is 1. The predicted molar refractivity (Wildman–Crippen MR) is 72.5 cm³/mol. The highest BCUT2D eigenvalue weighted by Gasteiger charge is 2.15. The van der Waals surface area contributed by atoms with Gasteiger partial charge >= 0.3 is 5.97 Å². The van der Waals surface area contributed by atoms with Gasteiger partial charge in [0.05, 0.1) is 17.9 Å². The van der Waals surface area contributed by atoms with Crippen LogP contribution in [0.15, 0.2) is 18.2 Å². The third kappa shape index (κ3) is 4.73. The van der Waals surface area contributed by atoms with Crippen LogP contribution in [0.5, 0.6) is 0 Å². The van der Waals surface area contributed by atoms with Crippen LogP contribution in [0.4, 0.5) is 10.1 Å². The van der Waals surface area contributed by atoms with Crippen molar-refractivity contribution in [3.63, 3.8) is 0 Å². The van der Waals surface area contributed by atoms with Crippen molar-refractivity contribution in [3.05, 3.63) is 29.6 Å². The predicted octanol–water partition coefficient (Wildman–Crippen LogP) is 3.85. The number of para-hydroxylation sites is 1. The number of hydrogen-bond donors (Lipinski definition) is 1. The second kappa shape index (κ2) is 9.45. The lowest BCUT2D eigenvalue weighted by molar-refractivity contribution is 0.0527. The molecule has 4 heteroatoms. The second-order valence-electron chi connectivity index (χ2n) is 3.31. The van der Waals surface area contributed by atoms with Gasteiger partial charge in [0.1, 0.15) is 5.82 Å². The molecular weight excluding hydrogens is 233 g/mol. The molecule has 0 aliphatic carbocycles. The molecule has 1 N–H and O–H groups in total. The number of halogens is 1. The van der Waals surface area contributed by atoms with Crippen LogP contribution >= 0.6 is 0 Å². The van der Waals surface area contributed by atoms with Crippen LogP contribution in [0.3, 0.4) is 0 Å². The van der Waals surface area contributed by atoms with E-state index in [4.69, 9.17) is 4.74 Å². The Labute approximate surface area is 108 Å². The van der Waals surface area contributed by atoms with Crippen molar-refractivity contribution in [3.8, 4) is 0 Å². The molecule has 3 nitrogen and oxygen atoms in total. The molecule has 0 aliphatic rings. The minimum absolute atomic E-state index is 0.225. The molecule has 0 bridgehead atoms. The Morgan fingerprint density at radius 3 is 2.56 bits per heavy atom. The van der Waals surface area contributed by atoms with Gasteiger partial charge in [-0.25, -0.2) is 9.18 Å². The number of ether oxygens (including phenoxy) is 1. The summed E-state index contributed by atoms with van der Waals surface area (Å²) in [6, 6.07) is 4.37. The molecule has 0 saturated heterocycles. The van der Waals surface area contributed by atoms with E-state index in [9.17, 15) is 9.18 Å². The fourth-order valence-corrected chi connectivity index (χ4v) is 1.33. The Bertz CT molecular complexity index is 367. The Hall–Kier alpha value is -1.58. The van der Waals surface area contributed by atoms with Gasteiger partial charge in [0, 0.05) is 6.54 Å². The van der Waals surface area contributed by atoms with Crippen LogP contribution in [0, 0.1) is 5.82 Å². The van der Waals surface area contributed by atoms with Crippen LogP contribution in [0.2, 0.25) is 0 Å². The second-order valence-corrected chi connectivity index (χ2v) is 3.31. The molecule has 18 heavy (non-hydrogen) atoms. The molecule has 1 aromatic carbocycles. The SMILES string of the molecule is CC.CCCNc1c(F)cccc1C(=O)OCC. The average molecular weight is 255 g/mol. The van der Waals surface area contributed by atoms with Crippen LogP contribution < -0.4 is 5.32 Å². The summed E-state index contributed by atoms with van der Waals surface area (Å²) < 4.78 is 18.4. The van der Waals surface area contributed by atoms with Gasteiger partial charge in [-0.05, 0) is 25.5 Å². The first kappa shape index (κ1) is 16.4. The molecule has 0 amide bonds. The van der Waals surface area contributed by atoms with E-state index in [0.29, 0.717) is 6.54 Å². The first-order valence-electron chi connectivity index (χ1n) is 6.40. The summed E-state index contributed by atoms with van der Waals surface area (Å²) in [5.41, 5.74) is 0.470. The number of nitrogens with one attached hydrogen (secondary N) is 1. The highest BCUT2D eigenvalue weighted by atomic mass is 19.1. The van der Waals surface area contributed by atoms with Crippen molar-refractivity contribution in [2.45, 2.75) is 34.1 Å². The lowest BCUT2D eigenvalue weighted by atomic mass is 10.1. The molecule has 1 aromatic rings. The van der Waals surface area contributed by atoms with Gasteiger partial charge in [0.25, 0.3) is 0 Å². The fourth-order valence-electron chi connectivity index (χ4n) is 1.33. The van der Waals surface area contributed by atoms with Gasteiger partial charge in [-0.1, -0.05) is 26.8 Å². The summed E-state index contributed by atoms with van der Waals surface area (Å²) in [7, 11) is 0. The van der Waals surface area contributed by atoms with Crippen LogP contribution in [-0.4, -0.2) is 19.1 Å². The molecule has 0 saturated carbocycles. The molecule has 1 rings (SSSR count). The van der Waals surface area contributed by atoms with Crippen LogP contribution in [0.25, 0.3) is 0 Å². The first-order chi connectivity index (χ1) is 8.70. The molecule has 0 unspecified atom stereocenters. The molecule has 0 fully saturated rings. The van der Waals surface area contributed by atoms with E-state index in [2.05, 4.69) is 5.32 Å². The van der Waals surface area contributed by atoms with E-state index in [-0.39, 0.29) is 17.9 Å². The van der Waals surface area contributed by atoms with E-state index in [1.807, 2.05) is 20.8 Å². The van der Waals surface area contributed by atoms with Crippen molar-refractivity contribution < 1.29 is 13.9 Å². The molecule has 0 aromatic heterocycles. The topological polar surface area (TPSA) is 38.3 Å². The summed E-state index contributed by atoms with van der Waals surface area (Å²) in [5, 5.41) is 2.89. The normalized spacial score (nSPS) is 9.17. The average Bonchev–Trinajstić information content (AvgIpc) is 2.39. The van der Waals surface area contributed by atoms with E-state index >= 15 is 0 Å². The largest absolute Gasteiger partial charge is 0.462 e. The van der Waals surface area contributed by atoms with Crippen molar-refractivity contribution >= 4 is 11.7 Å². The van der Waals surface area contributed by atoms with Gasteiger partial charge in [0.15, 0.2) is 0 Å². The monoisotopic (exact) mass is 255 g/mol. The molecular formula is C14H22FNO2. The zero-order chi connectivity index (χ0) is 14.0. The standard InChI is InChI=1S/C12H16FNO2.C2H6/c1-3-8-14-11-9(12(15)16-4-2)6-5-7-10(11)13;1-2/h5-7,14H,3-4,8H2,1-2H3;1-2H3. The smallest absolute Gasteiger partial charge is 0.340 e. The summed E-state index contributed by atoms with van der Waals surface area (Å²) in [6.45, 7) is 8.59. The summed E-state index contributed by atoms with van der Waals surface area (Å²) >= 11 is 0. The zero-order valence-corrected chi connectivity index (χ0v) is 11.5. The van der Waals surface area contributed by atoms with Crippen LogP contribution in [-0.2, 0) is 4.74 Å². The third-order valence-electron chi connectivity index (χ3n) is 2.06. The van der Waals surface area contributed by atoms with E-state index in [1.165, 1.54) is 12.1 Å². The Kier molecular flexibility index (Phi) is 8.62. The minimum atomic E-state index is -0.499. The van der Waals surface area contributed by atoms with Crippen molar-refractivity contribution in [1.82, 2.24) is 0 Å². The third-order valence-corrected chi connectivity index (χ3v) is 2.06. The van der Waals surface area contributed by atoms with E-state index < -0.39 is 11.8 Å². The number of hydrogen-bond acceptors (Lipinski definition) is 3. The first-order valence-corrected chi connectivity index (χ1v) is 6.40. The molecule has 0 aliphatic heterocycles. The number of benzene rings is 1. The molecule has 102 valence electrons. The number of esters is 1. The van der Waals surface area contributed by atoms with Gasteiger partial charge in [0.2, 0.25) is 0 Å². The molecule has 0 atom stereocenters. The zero-order valence-electron chi connectivity index (χ0n) is 11.5. The summed E-state index contributed by atoms with van der Waals surface area (Å²) in [5.74, 6) is -0.931. The van der Waals surface area contributed by atoms with Gasteiger partial charge in [-0.15, -0.1) is 0 Å². The van der Waals surface area contributed by atoms with Gasteiger partial charge in [-0.3, -0.25) is 0 Å². The quantitative estimate of drug-likeness (QED) is 0.812. The minimum Gasteiger partial charge on any atom is -0.462 e. The number of carbonyl (C=O) groups is 1. The number of rotatable bonds is 5. The lowest BCUT2D eigenvalue weighted by Gasteiger charge is -2.11. The maximum atomic E-state index is 13.5. The Balaban J connectivity index is 0.00000137. The van der Waals surface area contributed by atoms with Crippen molar-refractivity contribution in [2.75, 3.05) is 18.5 Å². The highest BCUT2D eigenvalue weighted by molar-refractivity contribution is 5.95. The van der Waals surface area contributed by atoms with Gasteiger partial charge < -0.3 is 10.1 Å². The van der Waals surface area contributed by atoms with Gasteiger partial charge in [-0.2, -0.15) is 0 Å². The molecule has 0 radical (unpaired) electrons. The summed E-state index contributed by atoms with van der Waals surface area (Å²) in [6.07, 6.45) is 0.858. The Morgan fingerprint density at radius 2 is 2.00 bits per heavy atom. The van der Waals surface area contributed by atoms with Crippen molar-refractivity contribution in [1.29, 1.82) is 0 Å².